The Kier molecular flexibility index (Phi) is 3.82. The van der Waals surface area contributed by atoms with Crippen molar-refractivity contribution in [3.05, 3.63) is 11.7 Å². The molecular formula is C10H19N3O2. The van der Waals surface area contributed by atoms with Crippen molar-refractivity contribution in [2.75, 3.05) is 13.7 Å². The van der Waals surface area contributed by atoms with Gasteiger partial charge in [0.15, 0.2) is 5.82 Å². The molecule has 86 valence electrons. The first-order valence-electron chi connectivity index (χ1n) is 5.16. The third kappa shape index (κ3) is 2.76. The molecule has 15 heavy (non-hydrogen) atoms. The normalized spacial score (nSPS) is 14.2. The maximum atomic E-state index is 5.38. The monoisotopic (exact) mass is 213 g/mol. The highest BCUT2D eigenvalue weighted by molar-refractivity contribution is 4.99. The molecule has 1 aromatic heterocycles. The average Bonchev–Trinajstić information content (AvgIpc) is 2.67. The van der Waals surface area contributed by atoms with Gasteiger partial charge in [-0.3, -0.25) is 0 Å². The minimum absolute atomic E-state index is 0.125. The van der Waals surface area contributed by atoms with Crippen LogP contribution in [0.4, 0.5) is 0 Å². The molecule has 1 aromatic rings. The van der Waals surface area contributed by atoms with Gasteiger partial charge in [0, 0.05) is 6.61 Å². The molecule has 0 saturated heterocycles. The summed E-state index contributed by atoms with van der Waals surface area (Å²) in [5.74, 6) is 1.17. The summed E-state index contributed by atoms with van der Waals surface area (Å²) in [6.07, 6.45) is -0.125. The van der Waals surface area contributed by atoms with E-state index in [9.17, 15) is 0 Å². The molecule has 1 atom stereocenters. The van der Waals surface area contributed by atoms with E-state index in [1.807, 2.05) is 34.7 Å². The van der Waals surface area contributed by atoms with E-state index in [0.717, 1.165) is 0 Å². The van der Waals surface area contributed by atoms with Crippen LogP contribution >= 0.6 is 0 Å². The van der Waals surface area contributed by atoms with Crippen molar-refractivity contribution in [1.29, 1.82) is 0 Å². The Bertz CT molecular complexity index is 309. The van der Waals surface area contributed by atoms with Crippen LogP contribution in [0.15, 0.2) is 4.52 Å². The summed E-state index contributed by atoms with van der Waals surface area (Å²) >= 11 is 0. The number of hydrogen-bond acceptors (Lipinski definition) is 5. The molecule has 0 saturated carbocycles. The fourth-order valence-electron chi connectivity index (χ4n) is 1.09. The smallest absolute Gasteiger partial charge is 0.246 e. The van der Waals surface area contributed by atoms with Crippen molar-refractivity contribution in [2.24, 2.45) is 0 Å². The largest absolute Gasteiger partial charge is 0.371 e. The molecule has 1 unspecified atom stereocenters. The van der Waals surface area contributed by atoms with E-state index in [0.29, 0.717) is 18.3 Å². The maximum Gasteiger partial charge on any atom is 0.246 e. The second-order valence-electron chi connectivity index (χ2n) is 3.93. The van der Waals surface area contributed by atoms with E-state index in [1.54, 1.807) is 0 Å². The minimum atomic E-state index is -0.308. The van der Waals surface area contributed by atoms with Gasteiger partial charge in [-0.25, -0.2) is 0 Å². The molecule has 0 aliphatic carbocycles. The Morgan fingerprint density at radius 3 is 2.73 bits per heavy atom. The highest BCUT2D eigenvalue weighted by Crippen LogP contribution is 2.20. The molecule has 0 bridgehead atoms. The zero-order chi connectivity index (χ0) is 11.5. The number of nitrogens with zero attached hydrogens (tertiary/aromatic N) is 2. The van der Waals surface area contributed by atoms with Crippen LogP contribution in [0.1, 0.15) is 45.5 Å². The van der Waals surface area contributed by atoms with Crippen molar-refractivity contribution in [3.8, 4) is 0 Å². The van der Waals surface area contributed by atoms with Gasteiger partial charge >= 0.3 is 0 Å². The summed E-state index contributed by atoms with van der Waals surface area (Å²) in [6, 6.07) is 0. The van der Waals surface area contributed by atoms with Gasteiger partial charge in [0.25, 0.3) is 0 Å². The number of ether oxygens (including phenoxy) is 1. The van der Waals surface area contributed by atoms with E-state index < -0.39 is 0 Å². The molecular weight excluding hydrogens is 194 g/mol. The van der Waals surface area contributed by atoms with Gasteiger partial charge in [0.05, 0.1) is 5.54 Å². The third-order valence-electron chi connectivity index (χ3n) is 2.38. The molecule has 0 aliphatic heterocycles. The summed E-state index contributed by atoms with van der Waals surface area (Å²) in [5.41, 5.74) is -0.308. The van der Waals surface area contributed by atoms with Crippen LogP contribution in [-0.2, 0) is 10.3 Å². The van der Waals surface area contributed by atoms with E-state index in [1.165, 1.54) is 0 Å². The number of aromatic nitrogens is 2. The van der Waals surface area contributed by atoms with Gasteiger partial charge in [-0.05, 0) is 34.7 Å². The quantitative estimate of drug-likeness (QED) is 0.805. The van der Waals surface area contributed by atoms with Gasteiger partial charge in [0.2, 0.25) is 5.89 Å². The fourth-order valence-corrected chi connectivity index (χ4v) is 1.09. The lowest BCUT2D eigenvalue weighted by atomic mass is 10.1. The molecule has 5 heteroatoms. The topological polar surface area (TPSA) is 60.2 Å². The molecule has 0 radical (unpaired) electrons. The van der Waals surface area contributed by atoms with Crippen LogP contribution < -0.4 is 5.32 Å². The average molecular weight is 213 g/mol. The molecule has 1 heterocycles. The Morgan fingerprint density at radius 2 is 2.20 bits per heavy atom. The molecule has 0 fully saturated rings. The zero-order valence-electron chi connectivity index (χ0n) is 10.00. The molecule has 0 amide bonds. The van der Waals surface area contributed by atoms with E-state index in [4.69, 9.17) is 9.26 Å². The van der Waals surface area contributed by atoms with Crippen LogP contribution in [0.5, 0.6) is 0 Å². The number of hydrogen-bond donors (Lipinski definition) is 1. The molecule has 0 aromatic carbocycles. The number of nitrogens with one attached hydrogen (secondary N) is 1. The van der Waals surface area contributed by atoms with Gasteiger partial charge in [-0.2, -0.15) is 4.98 Å². The third-order valence-corrected chi connectivity index (χ3v) is 2.38. The van der Waals surface area contributed by atoms with Gasteiger partial charge in [-0.15, -0.1) is 0 Å². The lowest BCUT2D eigenvalue weighted by Gasteiger charge is -2.17. The summed E-state index contributed by atoms with van der Waals surface area (Å²) in [5, 5.41) is 7.00. The summed E-state index contributed by atoms with van der Waals surface area (Å²) in [7, 11) is 1.86. The first-order chi connectivity index (χ1) is 7.01. The van der Waals surface area contributed by atoms with Gasteiger partial charge in [-0.1, -0.05) is 5.16 Å². The number of rotatable bonds is 5. The molecule has 1 rings (SSSR count). The highest BCUT2D eigenvalue weighted by Gasteiger charge is 2.26. The second kappa shape index (κ2) is 4.72. The first-order valence-corrected chi connectivity index (χ1v) is 5.16. The van der Waals surface area contributed by atoms with Gasteiger partial charge in [0.1, 0.15) is 6.10 Å². The van der Waals surface area contributed by atoms with Crippen molar-refractivity contribution >= 4 is 0 Å². The Morgan fingerprint density at radius 1 is 1.53 bits per heavy atom. The minimum Gasteiger partial charge on any atom is -0.371 e. The summed E-state index contributed by atoms with van der Waals surface area (Å²) < 4.78 is 10.6. The van der Waals surface area contributed by atoms with E-state index >= 15 is 0 Å². The van der Waals surface area contributed by atoms with Crippen molar-refractivity contribution in [1.82, 2.24) is 15.5 Å². The SMILES string of the molecule is CCOC(C)c1noc(C(C)(C)NC)n1. The Hall–Kier alpha value is -0.940. The standard InChI is InChI=1S/C10H19N3O2/c1-6-14-7(2)8-12-9(15-13-8)10(3,4)11-5/h7,11H,6H2,1-5H3. The van der Waals surface area contributed by atoms with Crippen LogP contribution in [0.25, 0.3) is 0 Å². The van der Waals surface area contributed by atoms with Crippen LogP contribution in [0, 0.1) is 0 Å². The molecule has 1 N–H and O–H groups in total. The lowest BCUT2D eigenvalue weighted by Crippen LogP contribution is -2.33. The zero-order valence-corrected chi connectivity index (χ0v) is 10.00. The van der Waals surface area contributed by atoms with E-state index in [-0.39, 0.29) is 11.6 Å². The Labute approximate surface area is 90.2 Å². The van der Waals surface area contributed by atoms with Crippen molar-refractivity contribution in [2.45, 2.75) is 39.3 Å². The van der Waals surface area contributed by atoms with Crippen LogP contribution in [0.2, 0.25) is 0 Å². The predicted molar refractivity (Wildman–Crippen MR) is 56.4 cm³/mol. The summed E-state index contributed by atoms with van der Waals surface area (Å²) in [4.78, 5) is 4.31. The predicted octanol–water partition coefficient (Wildman–Crippen LogP) is 1.62. The van der Waals surface area contributed by atoms with E-state index in [2.05, 4.69) is 15.5 Å². The summed E-state index contributed by atoms with van der Waals surface area (Å²) in [6.45, 7) is 8.45. The van der Waals surface area contributed by atoms with Crippen molar-refractivity contribution < 1.29 is 9.26 Å². The first kappa shape index (κ1) is 12.1. The highest BCUT2D eigenvalue weighted by atomic mass is 16.5. The molecule has 0 aliphatic rings. The van der Waals surface area contributed by atoms with Crippen LogP contribution in [-0.4, -0.2) is 23.8 Å². The van der Waals surface area contributed by atoms with Crippen LogP contribution in [0.3, 0.4) is 0 Å². The molecule has 0 spiro atoms. The molecule has 5 nitrogen and oxygen atoms in total. The van der Waals surface area contributed by atoms with Crippen molar-refractivity contribution in [3.63, 3.8) is 0 Å². The van der Waals surface area contributed by atoms with Gasteiger partial charge < -0.3 is 14.6 Å². The maximum absolute atomic E-state index is 5.38. The fraction of sp³-hybridized carbons (Fsp3) is 0.800. The lowest BCUT2D eigenvalue weighted by molar-refractivity contribution is 0.0683. The second-order valence-corrected chi connectivity index (χ2v) is 3.93. The Balaban J connectivity index is 2.80.